The number of methoxy groups -OCH3 is 1. The molecule has 0 spiro atoms. The van der Waals surface area contributed by atoms with Crippen LogP contribution in [0, 0.1) is 0 Å². The highest BCUT2D eigenvalue weighted by Gasteiger charge is 2.57. The molecule has 7 heteroatoms. The number of thioether (sulfide) groups is 1. The lowest BCUT2D eigenvalue weighted by Crippen LogP contribution is -2.53. The number of fused-ring (bicyclic) bond motifs is 3. The maximum absolute atomic E-state index is 13.6. The third-order valence-corrected chi connectivity index (χ3v) is 8.29. The molecule has 0 bridgehead atoms. The number of hydrogen-bond donors (Lipinski definition) is 1. The molecule has 2 aromatic carbocycles. The minimum Gasteiger partial charge on any atom is -0.497 e. The topological polar surface area (TPSA) is 61.9 Å². The number of carbonyl (C=O) groups is 2. The van der Waals surface area contributed by atoms with Gasteiger partial charge in [0.15, 0.2) is 4.87 Å². The lowest BCUT2D eigenvalue weighted by Gasteiger charge is -2.36. The summed E-state index contributed by atoms with van der Waals surface area (Å²) in [6, 6.07) is 16.1. The van der Waals surface area contributed by atoms with Gasteiger partial charge in [-0.25, -0.2) is 0 Å². The van der Waals surface area contributed by atoms with Crippen molar-refractivity contribution >= 4 is 29.3 Å². The molecule has 2 atom stereocenters. The molecule has 5 rings (SSSR count). The first-order valence-electron chi connectivity index (χ1n) is 11.4. The third-order valence-electron chi connectivity index (χ3n) is 6.82. The molecule has 1 N–H and O–H groups in total. The Bertz CT molecular complexity index is 1010. The van der Waals surface area contributed by atoms with Gasteiger partial charge >= 0.3 is 0 Å². The average Bonchev–Trinajstić information content (AvgIpc) is 3.36. The highest BCUT2D eigenvalue weighted by atomic mass is 32.2. The van der Waals surface area contributed by atoms with Crippen molar-refractivity contribution in [3.05, 3.63) is 54.1 Å². The van der Waals surface area contributed by atoms with Crippen molar-refractivity contribution < 1.29 is 14.3 Å². The zero-order chi connectivity index (χ0) is 22.1. The Balaban J connectivity index is 1.37. The lowest BCUT2D eigenvalue weighted by atomic mass is 10.0. The van der Waals surface area contributed by atoms with E-state index in [1.807, 2.05) is 36.4 Å². The van der Waals surface area contributed by atoms with Gasteiger partial charge in [-0.05, 0) is 62.2 Å². The van der Waals surface area contributed by atoms with Crippen molar-refractivity contribution in [3.8, 4) is 5.75 Å². The second kappa shape index (κ2) is 8.79. The molecule has 3 aliphatic rings. The molecule has 3 aliphatic heterocycles. The molecule has 0 aromatic heterocycles. The van der Waals surface area contributed by atoms with Crippen LogP contribution in [0.5, 0.6) is 5.75 Å². The summed E-state index contributed by atoms with van der Waals surface area (Å²) >= 11 is 1.52. The van der Waals surface area contributed by atoms with E-state index in [0.717, 1.165) is 29.4 Å². The Morgan fingerprint density at radius 3 is 2.62 bits per heavy atom. The van der Waals surface area contributed by atoms with Crippen LogP contribution in [0.25, 0.3) is 0 Å². The minimum atomic E-state index is -0.868. The summed E-state index contributed by atoms with van der Waals surface area (Å²) in [6.07, 6.45) is 4.56. The summed E-state index contributed by atoms with van der Waals surface area (Å²) in [4.78, 5) is 30.7. The molecular formula is C25H29N3O3S. The zero-order valence-corrected chi connectivity index (χ0v) is 19.2. The number of anilines is 1. The van der Waals surface area contributed by atoms with Gasteiger partial charge in [0.25, 0.3) is 5.91 Å². The van der Waals surface area contributed by atoms with Gasteiger partial charge in [-0.3, -0.25) is 19.4 Å². The summed E-state index contributed by atoms with van der Waals surface area (Å²) in [7, 11) is 1.67. The summed E-state index contributed by atoms with van der Waals surface area (Å²) < 4.78 is 5.32. The molecule has 32 heavy (non-hydrogen) atoms. The summed E-state index contributed by atoms with van der Waals surface area (Å²) in [6.45, 7) is 2.58. The van der Waals surface area contributed by atoms with Crippen LogP contribution in [0.15, 0.2) is 53.4 Å². The van der Waals surface area contributed by atoms with E-state index in [1.54, 1.807) is 12.0 Å². The molecule has 2 saturated heterocycles. The number of piperidine rings is 1. The first kappa shape index (κ1) is 21.3. The number of benzene rings is 2. The Hall–Kier alpha value is -2.51. The molecule has 0 radical (unpaired) electrons. The zero-order valence-electron chi connectivity index (χ0n) is 18.4. The van der Waals surface area contributed by atoms with Crippen LogP contribution in [-0.2, 0) is 9.59 Å². The quantitative estimate of drug-likeness (QED) is 0.720. The second-order valence-corrected chi connectivity index (χ2v) is 10.00. The fourth-order valence-electron chi connectivity index (χ4n) is 5.14. The summed E-state index contributed by atoms with van der Waals surface area (Å²) in [5.41, 5.74) is 2.03. The number of ether oxygens (including phenoxy) is 1. The first-order valence-corrected chi connectivity index (χ1v) is 12.2. The smallest absolute Gasteiger partial charge is 0.257 e. The molecular weight excluding hydrogens is 422 g/mol. The van der Waals surface area contributed by atoms with E-state index in [9.17, 15) is 9.59 Å². The van der Waals surface area contributed by atoms with Crippen molar-refractivity contribution in [1.29, 1.82) is 0 Å². The van der Waals surface area contributed by atoms with Gasteiger partial charge < -0.3 is 10.1 Å². The van der Waals surface area contributed by atoms with E-state index >= 15 is 0 Å². The lowest BCUT2D eigenvalue weighted by molar-refractivity contribution is -0.125. The van der Waals surface area contributed by atoms with Crippen LogP contribution in [-0.4, -0.2) is 48.3 Å². The average molecular weight is 452 g/mol. The number of nitrogens with zero attached hydrogens (tertiary/aromatic N) is 2. The van der Waals surface area contributed by atoms with Gasteiger partial charge in [0.05, 0.1) is 18.8 Å². The van der Waals surface area contributed by atoms with Crippen LogP contribution in [0.2, 0.25) is 0 Å². The molecule has 0 saturated carbocycles. The van der Waals surface area contributed by atoms with E-state index in [2.05, 4.69) is 22.3 Å². The van der Waals surface area contributed by atoms with Gasteiger partial charge in [0.1, 0.15) is 5.75 Å². The van der Waals surface area contributed by atoms with Crippen LogP contribution in [0.1, 0.15) is 43.7 Å². The fourth-order valence-corrected chi connectivity index (χ4v) is 6.57. The van der Waals surface area contributed by atoms with Gasteiger partial charge in [-0.15, -0.1) is 0 Å². The largest absolute Gasteiger partial charge is 0.497 e. The standard InChI is InChI=1S/C25H29N3O3S/c1-31-19-11-9-18(10-12-19)21(27-15-5-2-6-16-27)17-26-24(30)25-14-13-23(29)28(25)20-7-3-4-8-22(20)32-25/h3-4,7-12,21H,2,5-6,13-17H2,1H3,(H,26,30)/t21-,25-/m1/s1. The van der Waals surface area contributed by atoms with Crippen molar-refractivity contribution in [2.45, 2.75) is 47.9 Å². The van der Waals surface area contributed by atoms with Crippen LogP contribution in [0.4, 0.5) is 5.69 Å². The normalized spacial score (nSPS) is 23.5. The van der Waals surface area contributed by atoms with Crippen molar-refractivity contribution in [1.82, 2.24) is 10.2 Å². The van der Waals surface area contributed by atoms with Crippen molar-refractivity contribution in [3.63, 3.8) is 0 Å². The van der Waals surface area contributed by atoms with Gasteiger partial charge in [0, 0.05) is 17.9 Å². The van der Waals surface area contributed by atoms with E-state index in [0.29, 0.717) is 19.4 Å². The van der Waals surface area contributed by atoms with Gasteiger partial charge in [0.2, 0.25) is 5.91 Å². The van der Waals surface area contributed by atoms with Gasteiger partial charge in [-0.1, -0.05) is 42.4 Å². The maximum atomic E-state index is 13.6. The van der Waals surface area contributed by atoms with Crippen LogP contribution in [0.3, 0.4) is 0 Å². The molecule has 2 amide bonds. The Morgan fingerprint density at radius 2 is 1.88 bits per heavy atom. The first-order chi connectivity index (χ1) is 15.6. The number of para-hydroxylation sites is 1. The van der Waals surface area contributed by atoms with Crippen LogP contribution < -0.4 is 15.0 Å². The number of rotatable bonds is 6. The number of nitrogens with one attached hydrogen (secondary N) is 1. The Morgan fingerprint density at radius 1 is 1.12 bits per heavy atom. The Kier molecular flexibility index (Phi) is 5.86. The molecule has 3 heterocycles. The Labute approximate surface area is 193 Å². The van der Waals surface area contributed by atoms with E-state index in [4.69, 9.17) is 4.74 Å². The summed E-state index contributed by atoms with van der Waals surface area (Å²) in [5, 5.41) is 3.24. The third kappa shape index (κ3) is 3.67. The number of likely N-dealkylation sites (tertiary alicyclic amines) is 1. The molecule has 0 aliphatic carbocycles. The number of amides is 2. The predicted molar refractivity (Wildman–Crippen MR) is 126 cm³/mol. The molecule has 0 unspecified atom stereocenters. The number of carbonyl (C=O) groups excluding carboxylic acids is 2. The SMILES string of the molecule is COc1ccc([C@@H](CNC(=O)[C@]23CCC(=O)N2c2ccccc2S3)N2CCCCC2)cc1. The minimum absolute atomic E-state index is 0.0281. The highest BCUT2D eigenvalue weighted by Crippen LogP contribution is 2.55. The predicted octanol–water partition coefficient (Wildman–Crippen LogP) is 3.97. The van der Waals surface area contributed by atoms with E-state index in [1.165, 1.54) is 36.6 Å². The molecule has 2 fully saturated rings. The van der Waals surface area contributed by atoms with E-state index in [-0.39, 0.29) is 17.9 Å². The number of hydrogen-bond acceptors (Lipinski definition) is 5. The monoisotopic (exact) mass is 451 g/mol. The fraction of sp³-hybridized carbons (Fsp3) is 0.440. The van der Waals surface area contributed by atoms with Crippen LogP contribution >= 0.6 is 11.8 Å². The summed E-state index contributed by atoms with van der Waals surface area (Å²) in [5.74, 6) is 0.787. The highest BCUT2D eigenvalue weighted by molar-refractivity contribution is 8.02. The second-order valence-electron chi connectivity index (χ2n) is 8.68. The molecule has 168 valence electrons. The molecule has 6 nitrogen and oxygen atoms in total. The van der Waals surface area contributed by atoms with E-state index < -0.39 is 4.87 Å². The van der Waals surface area contributed by atoms with Gasteiger partial charge in [-0.2, -0.15) is 0 Å². The van der Waals surface area contributed by atoms with Crippen molar-refractivity contribution in [2.75, 3.05) is 31.6 Å². The molecule has 2 aromatic rings. The maximum Gasteiger partial charge on any atom is 0.257 e. The van der Waals surface area contributed by atoms with Crippen molar-refractivity contribution in [2.24, 2.45) is 0 Å².